The van der Waals surface area contributed by atoms with Crippen LogP contribution in [-0.4, -0.2) is 18.3 Å². The molecule has 0 aromatic heterocycles. The first kappa shape index (κ1) is 12.4. The minimum atomic E-state index is -0.0537. The molecule has 19 heavy (non-hydrogen) atoms. The molecule has 2 heteroatoms. The zero-order valence-corrected chi connectivity index (χ0v) is 10.9. The number of rotatable bonds is 3. The predicted molar refractivity (Wildman–Crippen MR) is 75.2 cm³/mol. The molecule has 0 unspecified atom stereocenters. The van der Waals surface area contributed by atoms with Gasteiger partial charge in [-0.3, -0.25) is 0 Å². The summed E-state index contributed by atoms with van der Waals surface area (Å²) in [4.78, 5) is 0. The van der Waals surface area contributed by atoms with Crippen LogP contribution < -0.4 is 0 Å². The monoisotopic (exact) mass is 254 g/mol. The summed E-state index contributed by atoms with van der Waals surface area (Å²) >= 11 is 0. The van der Waals surface area contributed by atoms with Crippen LogP contribution in [0.1, 0.15) is 28.4 Å². The van der Waals surface area contributed by atoms with Gasteiger partial charge in [0.05, 0.1) is 13.2 Å². The zero-order valence-electron chi connectivity index (χ0n) is 10.9. The highest BCUT2D eigenvalue weighted by molar-refractivity contribution is 5.43. The number of hydrogen-bond acceptors (Lipinski definition) is 2. The number of fused-ring (bicyclic) bond motifs is 2. The SMILES string of the molecule is OCCOC1c2ccccc2CCc2ccccc21. The van der Waals surface area contributed by atoms with Gasteiger partial charge in [0.1, 0.15) is 6.10 Å². The molecule has 1 aliphatic rings. The summed E-state index contributed by atoms with van der Waals surface area (Å²) in [6, 6.07) is 16.9. The second-order valence-corrected chi connectivity index (χ2v) is 4.87. The van der Waals surface area contributed by atoms with E-state index in [0.29, 0.717) is 6.61 Å². The van der Waals surface area contributed by atoms with Gasteiger partial charge in [-0.2, -0.15) is 0 Å². The molecule has 1 N–H and O–H groups in total. The first-order valence-electron chi connectivity index (χ1n) is 6.78. The molecular weight excluding hydrogens is 236 g/mol. The highest BCUT2D eigenvalue weighted by atomic mass is 16.5. The normalized spacial score (nSPS) is 14.6. The van der Waals surface area contributed by atoms with Crippen LogP contribution in [0.25, 0.3) is 0 Å². The second kappa shape index (κ2) is 5.55. The average molecular weight is 254 g/mol. The average Bonchev–Trinajstić information content (AvgIpc) is 2.62. The van der Waals surface area contributed by atoms with Gasteiger partial charge < -0.3 is 9.84 Å². The Labute approximate surface area is 113 Å². The van der Waals surface area contributed by atoms with Crippen LogP contribution in [0.15, 0.2) is 48.5 Å². The quantitative estimate of drug-likeness (QED) is 0.912. The molecule has 98 valence electrons. The molecule has 2 aromatic rings. The van der Waals surface area contributed by atoms with Crippen molar-refractivity contribution in [3.05, 3.63) is 70.8 Å². The third-order valence-electron chi connectivity index (χ3n) is 3.71. The zero-order chi connectivity index (χ0) is 13.1. The van der Waals surface area contributed by atoms with Gasteiger partial charge in [-0.1, -0.05) is 48.5 Å². The Balaban J connectivity index is 2.08. The van der Waals surface area contributed by atoms with Crippen molar-refractivity contribution in [1.29, 1.82) is 0 Å². The molecule has 0 fully saturated rings. The van der Waals surface area contributed by atoms with Crippen molar-refractivity contribution in [3.8, 4) is 0 Å². The van der Waals surface area contributed by atoms with E-state index in [-0.39, 0.29) is 12.7 Å². The molecule has 0 radical (unpaired) electrons. The predicted octanol–water partition coefficient (Wildman–Crippen LogP) is 2.88. The molecule has 0 amide bonds. The largest absolute Gasteiger partial charge is 0.394 e. The van der Waals surface area contributed by atoms with Gasteiger partial charge in [0, 0.05) is 0 Å². The van der Waals surface area contributed by atoms with Crippen molar-refractivity contribution in [3.63, 3.8) is 0 Å². The van der Waals surface area contributed by atoms with E-state index in [0.717, 1.165) is 12.8 Å². The molecule has 0 spiro atoms. The molecule has 0 saturated carbocycles. The molecule has 0 bridgehead atoms. The number of benzene rings is 2. The van der Waals surface area contributed by atoms with E-state index in [1.807, 2.05) is 0 Å². The van der Waals surface area contributed by atoms with E-state index >= 15 is 0 Å². The summed E-state index contributed by atoms with van der Waals surface area (Å²) in [6.07, 6.45) is 2.04. The fourth-order valence-electron chi connectivity index (χ4n) is 2.82. The lowest BCUT2D eigenvalue weighted by molar-refractivity contribution is 0.0498. The topological polar surface area (TPSA) is 29.5 Å². The summed E-state index contributed by atoms with van der Waals surface area (Å²) < 4.78 is 5.92. The van der Waals surface area contributed by atoms with E-state index in [2.05, 4.69) is 48.5 Å². The van der Waals surface area contributed by atoms with Gasteiger partial charge in [-0.25, -0.2) is 0 Å². The summed E-state index contributed by atoms with van der Waals surface area (Å²) in [6.45, 7) is 0.425. The minimum Gasteiger partial charge on any atom is -0.394 e. The maximum atomic E-state index is 9.04. The first-order chi connectivity index (χ1) is 9.40. The molecular formula is C17H18O2. The maximum Gasteiger partial charge on any atom is 0.108 e. The third-order valence-corrected chi connectivity index (χ3v) is 3.71. The van der Waals surface area contributed by atoms with Crippen molar-refractivity contribution in [2.75, 3.05) is 13.2 Å². The lowest BCUT2D eigenvalue weighted by Gasteiger charge is -2.20. The third kappa shape index (κ3) is 2.42. The van der Waals surface area contributed by atoms with Crippen LogP contribution in [0.5, 0.6) is 0 Å². The number of aliphatic hydroxyl groups excluding tert-OH is 1. The van der Waals surface area contributed by atoms with E-state index in [1.165, 1.54) is 22.3 Å². The minimum absolute atomic E-state index is 0.0537. The fourth-order valence-corrected chi connectivity index (χ4v) is 2.82. The van der Waals surface area contributed by atoms with Crippen molar-refractivity contribution in [1.82, 2.24) is 0 Å². The van der Waals surface area contributed by atoms with Crippen LogP contribution in [-0.2, 0) is 17.6 Å². The maximum absolute atomic E-state index is 9.04. The lowest BCUT2D eigenvalue weighted by atomic mass is 9.97. The van der Waals surface area contributed by atoms with Crippen molar-refractivity contribution in [2.45, 2.75) is 18.9 Å². The molecule has 2 aromatic carbocycles. The Kier molecular flexibility index (Phi) is 3.62. The van der Waals surface area contributed by atoms with Crippen LogP contribution in [0, 0.1) is 0 Å². The first-order valence-corrected chi connectivity index (χ1v) is 6.78. The highest BCUT2D eigenvalue weighted by Crippen LogP contribution is 2.34. The Hall–Kier alpha value is -1.64. The van der Waals surface area contributed by atoms with Gasteiger partial charge in [-0.05, 0) is 35.1 Å². The van der Waals surface area contributed by atoms with Gasteiger partial charge in [0.2, 0.25) is 0 Å². The van der Waals surface area contributed by atoms with E-state index in [1.54, 1.807) is 0 Å². The molecule has 0 heterocycles. The Bertz CT molecular complexity index is 515. The molecule has 0 aliphatic heterocycles. The molecule has 0 saturated heterocycles. The summed E-state index contributed by atoms with van der Waals surface area (Å²) in [5.41, 5.74) is 5.17. The van der Waals surface area contributed by atoms with Gasteiger partial charge in [0.25, 0.3) is 0 Å². The van der Waals surface area contributed by atoms with Crippen molar-refractivity contribution >= 4 is 0 Å². The molecule has 2 nitrogen and oxygen atoms in total. The summed E-state index contributed by atoms with van der Waals surface area (Å²) in [7, 11) is 0. The van der Waals surface area contributed by atoms with Crippen molar-refractivity contribution in [2.24, 2.45) is 0 Å². The lowest BCUT2D eigenvalue weighted by Crippen LogP contribution is -2.11. The van der Waals surface area contributed by atoms with Crippen LogP contribution >= 0.6 is 0 Å². The summed E-state index contributed by atoms with van der Waals surface area (Å²) in [5, 5.41) is 9.04. The molecule has 3 rings (SSSR count). The van der Waals surface area contributed by atoms with Crippen LogP contribution in [0.2, 0.25) is 0 Å². The van der Waals surface area contributed by atoms with Crippen LogP contribution in [0.4, 0.5) is 0 Å². The number of aliphatic hydroxyl groups is 1. The highest BCUT2D eigenvalue weighted by Gasteiger charge is 2.23. The van der Waals surface area contributed by atoms with E-state index < -0.39 is 0 Å². The second-order valence-electron chi connectivity index (χ2n) is 4.87. The number of ether oxygens (including phenoxy) is 1. The van der Waals surface area contributed by atoms with Crippen molar-refractivity contribution < 1.29 is 9.84 Å². The Morgan fingerprint density at radius 1 is 0.895 bits per heavy atom. The van der Waals surface area contributed by atoms with Gasteiger partial charge >= 0.3 is 0 Å². The van der Waals surface area contributed by atoms with E-state index in [4.69, 9.17) is 9.84 Å². The fraction of sp³-hybridized carbons (Fsp3) is 0.294. The Morgan fingerprint density at radius 3 is 1.95 bits per heavy atom. The number of aryl methyl sites for hydroxylation is 2. The molecule has 0 atom stereocenters. The summed E-state index contributed by atoms with van der Waals surface area (Å²) in [5.74, 6) is 0. The Morgan fingerprint density at radius 2 is 1.42 bits per heavy atom. The molecule has 1 aliphatic carbocycles. The van der Waals surface area contributed by atoms with E-state index in [9.17, 15) is 0 Å². The standard InChI is InChI=1S/C17H18O2/c18-11-12-19-17-15-7-3-1-5-13(15)9-10-14-6-2-4-8-16(14)17/h1-8,17-18H,9-12H2. The van der Waals surface area contributed by atoms with Crippen LogP contribution in [0.3, 0.4) is 0 Å². The van der Waals surface area contributed by atoms with Gasteiger partial charge in [-0.15, -0.1) is 0 Å². The number of hydrogen-bond donors (Lipinski definition) is 1. The van der Waals surface area contributed by atoms with Gasteiger partial charge in [0.15, 0.2) is 0 Å². The smallest absolute Gasteiger partial charge is 0.108 e.